The maximum absolute atomic E-state index is 11.2. The third-order valence-corrected chi connectivity index (χ3v) is 4.66. The number of hydrogen-bond donors (Lipinski definition) is 2. The monoisotopic (exact) mass is 415 g/mol. The molecule has 4 rings (SSSR count). The standard InChI is InChI=1S/C23H21N5O3/c24-22(30)18-6-8-19(9-7-18)23-25-27-28(26-23)14-20(29)15-31-21-12-10-17(11-13-21)16-4-2-1-3-5-16/h1-13,20,29H,14-15H2,(H2,24,30)/t20-/m0/s1. The van der Waals surface area contributed by atoms with Crippen LogP contribution in [0.3, 0.4) is 0 Å². The van der Waals surface area contributed by atoms with Crippen molar-refractivity contribution in [3.8, 4) is 28.3 Å². The van der Waals surface area contributed by atoms with Gasteiger partial charge in [0, 0.05) is 11.1 Å². The van der Waals surface area contributed by atoms with E-state index in [0.717, 1.165) is 11.1 Å². The number of hydrogen-bond acceptors (Lipinski definition) is 6. The highest BCUT2D eigenvalue weighted by Crippen LogP contribution is 2.22. The van der Waals surface area contributed by atoms with Crippen LogP contribution in [0.5, 0.6) is 5.75 Å². The van der Waals surface area contributed by atoms with E-state index in [1.165, 1.54) is 4.80 Å². The second-order valence-corrected chi connectivity index (χ2v) is 6.96. The first-order valence-electron chi connectivity index (χ1n) is 9.73. The zero-order valence-corrected chi connectivity index (χ0v) is 16.6. The van der Waals surface area contributed by atoms with Gasteiger partial charge < -0.3 is 15.6 Å². The van der Waals surface area contributed by atoms with Crippen LogP contribution in [0.4, 0.5) is 0 Å². The van der Waals surface area contributed by atoms with Gasteiger partial charge in [0.2, 0.25) is 11.7 Å². The molecule has 1 amide bonds. The summed E-state index contributed by atoms with van der Waals surface area (Å²) in [5, 5.41) is 22.5. The molecule has 0 unspecified atom stereocenters. The molecular weight excluding hydrogens is 394 g/mol. The van der Waals surface area contributed by atoms with Crippen molar-refractivity contribution in [2.24, 2.45) is 5.73 Å². The van der Waals surface area contributed by atoms with Crippen molar-refractivity contribution in [1.29, 1.82) is 0 Å². The first-order chi connectivity index (χ1) is 15.1. The quantitative estimate of drug-likeness (QED) is 0.457. The van der Waals surface area contributed by atoms with Crippen LogP contribution in [-0.4, -0.2) is 43.9 Å². The van der Waals surface area contributed by atoms with Gasteiger partial charge in [-0.05, 0) is 40.6 Å². The van der Waals surface area contributed by atoms with Crippen LogP contribution in [0.15, 0.2) is 78.9 Å². The van der Waals surface area contributed by atoms with Crippen molar-refractivity contribution in [3.05, 3.63) is 84.4 Å². The lowest BCUT2D eigenvalue weighted by Crippen LogP contribution is -2.24. The van der Waals surface area contributed by atoms with Crippen molar-refractivity contribution >= 4 is 5.91 Å². The Hall–Kier alpha value is -4.04. The van der Waals surface area contributed by atoms with Crippen molar-refractivity contribution in [1.82, 2.24) is 20.2 Å². The Balaban J connectivity index is 1.31. The third kappa shape index (κ3) is 5.12. The van der Waals surface area contributed by atoms with Gasteiger partial charge in [-0.1, -0.05) is 54.6 Å². The summed E-state index contributed by atoms with van der Waals surface area (Å²) in [5.74, 6) is 0.558. The van der Waals surface area contributed by atoms with Crippen LogP contribution in [-0.2, 0) is 6.54 Å². The Morgan fingerprint density at radius 1 is 0.935 bits per heavy atom. The second-order valence-electron chi connectivity index (χ2n) is 6.96. The number of benzene rings is 3. The molecular formula is C23H21N5O3. The van der Waals surface area contributed by atoms with Gasteiger partial charge >= 0.3 is 0 Å². The van der Waals surface area contributed by atoms with Gasteiger partial charge in [0.05, 0.1) is 6.54 Å². The topological polar surface area (TPSA) is 116 Å². The summed E-state index contributed by atoms with van der Waals surface area (Å²) >= 11 is 0. The molecule has 4 aromatic rings. The number of carbonyl (C=O) groups is 1. The maximum atomic E-state index is 11.2. The molecule has 8 heteroatoms. The molecule has 1 aromatic heterocycles. The highest BCUT2D eigenvalue weighted by molar-refractivity contribution is 5.93. The van der Waals surface area contributed by atoms with Crippen LogP contribution >= 0.6 is 0 Å². The number of tetrazole rings is 1. The minimum Gasteiger partial charge on any atom is -0.491 e. The summed E-state index contributed by atoms with van der Waals surface area (Å²) in [6.45, 7) is 0.226. The highest BCUT2D eigenvalue weighted by atomic mass is 16.5. The van der Waals surface area contributed by atoms with Crippen molar-refractivity contribution in [2.75, 3.05) is 6.61 Å². The number of nitrogens with two attached hydrogens (primary N) is 1. The van der Waals surface area contributed by atoms with Gasteiger partial charge in [0.15, 0.2) is 0 Å². The number of aliphatic hydroxyl groups is 1. The van der Waals surface area contributed by atoms with E-state index in [-0.39, 0.29) is 13.2 Å². The van der Waals surface area contributed by atoms with E-state index in [1.807, 2.05) is 54.6 Å². The summed E-state index contributed by atoms with van der Waals surface area (Å²) in [5.41, 5.74) is 8.56. The van der Waals surface area contributed by atoms with Gasteiger partial charge in [0.25, 0.3) is 0 Å². The van der Waals surface area contributed by atoms with E-state index in [0.29, 0.717) is 22.7 Å². The highest BCUT2D eigenvalue weighted by Gasteiger charge is 2.12. The normalized spacial score (nSPS) is 11.8. The third-order valence-electron chi connectivity index (χ3n) is 4.66. The van der Waals surface area contributed by atoms with Crippen LogP contribution in [0.1, 0.15) is 10.4 Å². The predicted octanol–water partition coefficient (Wildman–Crippen LogP) is 2.55. The number of nitrogens with zero attached hydrogens (tertiary/aromatic N) is 4. The van der Waals surface area contributed by atoms with Crippen LogP contribution in [0, 0.1) is 0 Å². The molecule has 0 aliphatic heterocycles. The zero-order valence-electron chi connectivity index (χ0n) is 16.6. The molecule has 3 N–H and O–H groups in total. The molecule has 0 saturated carbocycles. The lowest BCUT2D eigenvalue weighted by Gasteiger charge is -2.12. The number of rotatable bonds is 8. The summed E-state index contributed by atoms with van der Waals surface area (Å²) in [6, 6.07) is 24.4. The van der Waals surface area contributed by atoms with Gasteiger partial charge in [-0.25, -0.2) is 0 Å². The second kappa shape index (κ2) is 9.19. The molecule has 31 heavy (non-hydrogen) atoms. The van der Waals surface area contributed by atoms with Crippen molar-refractivity contribution < 1.29 is 14.6 Å². The predicted molar refractivity (Wildman–Crippen MR) is 115 cm³/mol. The Labute approximate surface area is 178 Å². The van der Waals surface area contributed by atoms with E-state index < -0.39 is 12.0 Å². The molecule has 1 atom stereocenters. The van der Waals surface area contributed by atoms with Crippen LogP contribution in [0.25, 0.3) is 22.5 Å². The van der Waals surface area contributed by atoms with Gasteiger partial charge in [0.1, 0.15) is 18.5 Å². The molecule has 3 aromatic carbocycles. The summed E-state index contributed by atoms with van der Waals surface area (Å²) in [7, 11) is 0. The van der Waals surface area contributed by atoms with Gasteiger partial charge in [-0.15, -0.1) is 10.2 Å². The molecule has 0 saturated heterocycles. The summed E-state index contributed by atoms with van der Waals surface area (Å²) in [4.78, 5) is 12.5. The Morgan fingerprint density at radius 3 is 2.26 bits per heavy atom. The SMILES string of the molecule is NC(=O)c1ccc(-c2nnn(C[C@H](O)COc3ccc(-c4ccccc4)cc3)n2)cc1. The molecule has 0 spiro atoms. The number of carbonyl (C=O) groups excluding carboxylic acids is 1. The number of ether oxygens (including phenoxy) is 1. The zero-order chi connectivity index (χ0) is 21.6. The van der Waals surface area contributed by atoms with Crippen molar-refractivity contribution in [2.45, 2.75) is 12.6 Å². The van der Waals surface area contributed by atoms with E-state index in [9.17, 15) is 9.90 Å². The number of amides is 1. The number of primary amides is 1. The fourth-order valence-corrected chi connectivity index (χ4v) is 3.03. The lowest BCUT2D eigenvalue weighted by atomic mass is 10.1. The number of aliphatic hydroxyl groups excluding tert-OH is 1. The maximum Gasteiger partial charge on any atom is 0.248 e. The van der Waals surface area contributed by atoms with Crippen LogP contribution < -0.4 is 10.5 Å². The van der Waals surface area contributed by atoms with E-state index >= 15 is 0 Å². The molecule has 8 nitrogen and oxygen atoms in total. The summed E-state index contributed by atoms with van der Waals surface area (Å²) < 4.78 is 5.67. The van der Waals surface area contributed by atoms with E-state index in [2.05, 4.69) is 15.4 Å². The minimum atomic E-state index is -0.812. The molecule has 0 radical (unpaired) electrons. The average Bonchev–Trinajstić information content (AvgIpc) is 3.27. The largest absolute Gasteiger partial charge is 0.491 e. The van der Waals surface area contributed by atoms with E-state index in [4.69, 9.17) is 10.5 Å². The first kappa shape index (κ1) is 20.2. The Bertz CT molecular complexity index is 1140. The van der Waals surface area contributed by atoms with E-state index in [1.54, 1.807) is 24.3 Å². The Kier molecular flexibility index (Phi) is 6.00. The average molecular weight is 415 g/mol. The molecule has 156 valence electrons. The van der Waals surface area contributed by atoms with Crippen molar-refractivity contribution in [3.63, 3.8) is 0 Å². The smallest absolute Gasteiger partial charge is 0.248 e. The molecule has 1 heterocycles. The Morgan fingerprint density at radius 2 is 1.58 bits per heavy atom. The van der Waals surface area contributed by atoms with Gasteiger partial charge in [-0.2, -0.15) is 4.80 Å². The fraction of sp³-hybridized carbons (Fsp3) is 0.130. The lowest BCUT2D eigenvalue weighted by molar-refractivity contribution is 0.0850. The molecule has 0 aliphatic rings. The fourth-order valence-electron chi connectivity index (χ4n) is 3.03. The molecule has 0 fully saturated rings. The summed E-state index contributed by atoms with van der Waals surface area (Å²) in [6.07, 6.45) is -0.812. The molecule has 0 aliphatic carbocycles. The molecule has 0 bridgehead atoms. The number of aromatic nitrogens is 4. The van der Waals surface area contributed by atoms with Crippen LogP contribution in [0.2, 0.25) is 0 Å². The minimum absolute atomic E-state index is 0.0921. The van der Waals surface area contributed by atoms with Gasteiger partial charge in [-0.3, -0.25) is 4.79 Å². The first-order valence-corrected chi connectivity index (χ1v) is 9.73.